The van der Waals surface area contributed by atoms with Gasteiger partial charge in [0.1, 0.15) is 0 Å². The van der Waals surface area contributed by atoms with Crippen molar-refractivity contribution >= 4 is 0 Å². The minimum absolute atomic E-state index is 0.600. The smallest absolute Gasteiger partial charge is 0.0721 e. The highest BCUT2D eigenvalue weighted by atomic mass is 16.5. The predicted octanol–water partition coefficient (Wildman–Crippen LogP) is 6.35. The van der Waals surface area contributed by atoms with Gasteiger partial charge in [-0.15, -0.1) is 6.58 Å². The molecule has 0 aliphatic heterocycles. The van der Waals surface area contributed by atoms with E-state index in [0.717, 1.165) is 11.8 Å². The third-order valence-corrected chi connectivity index (χ3v) is 5.19. The van der Waals surface area contributed by atoms with Gasteiger partial charge >= 0.3 is 0 Å². The number of ether oxygens (including phenoxy) is 1. The van der Waals surface area contributed by atoms with E-state index in [0.29, 0.717) is 13.2 Å². The quantitative estimate of drug-likeness (QED) is 0.445. The van der Waals surface area contributed by atoms with Crippen LogP contribution in [0.3, 0.4) is 0 Å². The van der Waals surface area contributed by atoms with E-state index < -0.39 is 0 Å². The van der Waals surface area contributed by atoms with Gasteiger partial charge in [0.25, 0.3) is 0 Å². The average molecular weight is 320 g/mol. The van der Waals surface area contributed by atoms with Gasteiger partial charge in [0, 0.05) is 0 Å². The molecule has 3 rings (SSSR count). The number of benzene rings is 2. The van der Waals surface area contributed by atoms with Crippen molar-refractivity contribution in [3.8, 4) is 11.1 Å². The Morgan fingerprint density at radius 2 is 1.50 bits per heavy atom. The molecule has 2 aromatic carbocycles. The maximum atomic E-state index is 5.49. The molecule has 0 spiro atoms. The standard InChI is InChI=1S/C23H28O/c1-3-16-24-17-19-6-10-21(11-7-19)23-14-12-22(13-15-23)20-8-4-18(2)5-9-20/h3,6-7,10-15,18,20H,1,4-5,8-9,16-17H2,2H3/t18-,20-. The van der Waals surface area contributed by atoms with Crippen molar-refractivity contribution in [1.29, 1.82) is 0 Å². The first-order valence-corrected chi connectivity index (χ1v) is 9.14. The predicted molar refractivity (Wildman–Crippen MR) is 102 cm³/mol. The zero-order valence-electron chi connectivity index (χ0n) is 14.7. The Hall–Kier alpha value is -1.86. The summed E-state index contributed by atoms with van der Waals surface area (Å²) in [6.45, 7) is 7.29. The van der Waals surface area contributed by atoms with Crippen LogP contribution in [0.5, 0.6) is 0 Å². The second kappa shape index (κ2) is 8.30. The SMILES string of the molecule is C=CCOCc1ccc(-c2ccc([C@H]3CC[C@H](C)CC3)cc2)cc1. The second-order valence-corrected chi connectivity index (χ2v) is 7.08. The summed E-state index contributed by atoms with van der Waals surface area (Å²) in [6.07, 6.45) is 7.23. The molecule has 126 valence electrons. The summed E-state index contributed by atoms with van der Waals surface area (Å²) in [4.78, 5) is 0. The fourth-order valence-electron chi connectivity index (χ4n) is 3.59. The van der Waals surface area contributed by atoms with Crippen LogP contribution in [0, 0.1) is 5.92 Å². The van der Waals surface area contributed by atoms with Gasteiger partial charge in [-0.3, -0.25) is 0 Å². The van der Waals surface area contributed by atoms with Crippen LogP contribution >= 0.6 is 0 Å². The van der Waals surface area contributed by atoms with Crippen molar-refractivity contribution in [1.82, 2.24) is 0 Å². The van der Waals surface area contributed by atoms with Crippen molar-refractivity contribution in [2.24, 2.45) is 5.92 Å². The van der Waals surface area contributed by atoms with Gasteiger partial charge in [0.2, 0.25) is 0 Å². The number of hydrogen-bond donors (Lipinski definition) is 0. The van der Waals surface area contributed by atoms with Crippen LogP contribution in [0.25, 0.3) is 11.1 Å². The fraction of sp³-hybridized carbons (Fsp3) is 0.391. The molecule has 0 bridgehead atoms. The van der Waals surface area contributed by atoms with E-state index in [-0.39, 0.29) is 0 Å². The Morgan fingerprint density at radius 3 is 2.08 bits per heavy atom. The molecule has 1 fully saturated rings. The Bertz CT molecular complexity index is 631. The summed E-state index contributed by atoms with van der Waals surface area (Å²) in [7, 11) is 0. The fourth-order valence-corrected chi connectivity index (χ4v) is 3.59. The zero-order chi connectivity index (χ0) is 16.8. The highest BCUT2D eigenvalue weighted by Crippen LogP contribution is 2.36. The summed E-state index contributed by atoms with van der Waals surface area (Å²) in [5, 5.41) is 0. The lowest BCUT2D eigenvalue weighted by molar-refractivity contribution is 0.149. The van der Waals surface area contributed by atoms with E-state index in [9.17, 15) is 0 Å². The average Bonchev–Trinajstić information content (AvgIpc) is 2.63. The molecule has 1 heteroatoms. The van der Waals surface area contributed by atoms with E-state index in [1.807, 2.05) is 0 Å². The summed E-state index contributed by atoms with van der Waals surface area (Å²) in [6, 6.07) is 17.9. The first-order valence-electron chi connectivity index (χ1n) is 9.14. The Kier molecular flexibility index (Phi) is 5.87. The van der Waals surface area contributed by atoms with Crippen molar-refractivity contribution in [2.75, 3.05) is 6.61 Å². The molecule has 0 heterocycles. The van der Waals surface area contributed by atoms with Crippen molar-refractivity contribution < 1.29 is 4.74 Å². The zero-order valence-corrected chi connectivity index (χ0v) is 14.7. The van der Waals surface area contributed by atoms with Crippen LogP contribution in [0.15, 0.2) is 61.2 Å². The Morgan fingerprint density at radius 1 is 0.917 bits per heavy atom. The maximum absolute atomic E-state index is 5.49. The first kappa shape index (κ1) is 17.0. The van der Waals surface area contributed by atoms with Crippen molar-refractivity contribution in [3.63, 3.8) is 0 Å². The normalized spacial score (nSPS) is 20.7. The minimum Gasteiger partial charge on any atom is -0.373 e. The second-order valence-electron chi connectivity index (χ2n) is 7.08. The highest BCUT2D eigenvalue weighted by molar-refractivity contribution is 5.64. The molecule has 2 aromatic rings. The number of hydrogen-bond acceptors (Lipinski definition) is 1. The molecule has 1 aliphatic rings. The molecule has 0 atom stereocenters. The van der Waals surface area contributed by atoms with E-state index in [1.165, 1.54) is 47.9 Å². The van der Waals surface area contributed by atoms with Crippen LogP contribution in [0.1, 0.15) is 49.7 Å². The lowest BCUT2D eigenvalue weighted by Crippen LogP contribution is -2.10. The summed E-state index contributed by atoms with van der Waals surface area (Å²) >= 11 is 0. The van der Waals surface area contributed by atoms with Gasteiger partial charge in [-0.1, -0.05) is 74.4 Å². The van der Waals surface area contributed by atoms with Crippen LogP contribution in [0.2, 0.25) is 0 Å². The molecule has 0 unspecified atom stereocenters. The van der Waals surface area contributed by atoms with Crippen LogP contribution in [0.4, 0.5) is 0 Å². The van der Waals surface area contributed by atoms with Gasteiger partial charge in [0.05, 0.1) is 13.2 Å². The lowest BCUT2D eigenvalue weighted by Gasteiger charge is -2.26. The molecule has 0 radical (unpaired) electrons. The molecular weight excluding hydrogens is 292 g/mol. The van der Waals surface area contributed by atoms with Crippen molar-refractivity contribution in [2.45, 2.75) is 45.1 Å². The van der Waals surface area contributed by atoms with E-state index in [4.69, 9.17) is 4.74 Å². The third kappa shape index (κ3) is 4.36. The monoisotopic (exact) mass is 320 g/mol. The van der Waals surface area contributed by atoms with Gasteiger partial charge in [-0.05, 0) is 46.9 Å². The number of rotatable bonds is 6. The van der Waals surface area contributed by atoms with E-state index >= 15 is 0 Å². The largest absolute Gasteiger partial charge is 0.373 e. The molecule has 0 aromatic heterocycles. The van der Waals surface area contributed by atoms with E-state index in [2.05, 4.69) is 62.0 Å². The maximum Gasteiger partial charge on any atom is 0.0721 e. The minimum atomic E-state index is 0.600. The van der Waals surface area contributed by atoms with E-state index in [1.54, 1.807) is 6.08 Å². The first-order chi connectivity index (χ1) is 11.8. The van der Waals surface area contributed by atoms with Crippen LogP contribution in [-0.4, -0.2) is 6.61 Å². The molecular formula is C23H28O. The lowest BCUT2D eigenvalue weighted by atomic mass is 9.79. The van der Waals surface area contributed by atoms with Gasteiger partial charge < -0.3 is 4.74 Å². The highest BCUT2D eigenvalue weighted by Gasteiger charge is 2.19. The molecule has 24 heavy (non-hydrogen) atoms. The summed E-state index contributed by atoms with van der Waals surface area (Å²) < 4.78 is 5.49. The molecule has 1 aliphatic carbocycles. The topological polar surface area (TPSA) is 9.23 Å². The van der Waals surface area contributed by atoms with Gasteiger partial charge in [-0.2, -0.15) is 0 Å². The van der Waals surface area contributed by atoms with Crippen LogP contribution in [-0.2, 0) is 11.3 Å². The molecule has 0 N–H and O–H groups in total. The molecule has 1 saturated carbocycles. The van der Waals surface area contributed by atoms with Crippen molar-refractivity contribution in [3.05, 3.63) is 72.3 Å². The molecule has 1 nitrogen and oxygen atoms in total. The summed E-state index contributed by atoms with van der Waals surface area (Å²) in [5.74, 6) is 1.68. The molecule has 0 amide bonds. The van der Waals surface area contributed by atoms with Gasteiger partial charge in [0.15, 0.2) is 0 Å². The van der Waals surface area contributed by atoms with Crippen LogP contribution < -0.4 is 0 Å². The third-order valence-electron chi connectivity index (χ3n) is 5.19. The Balaban J connectivity index is 1.63. The van der Waals surface area contributed by atoms with Gasteiger partial charge in [-0.25, -0.2) is 0 Å². The summed E-state index contributed by atoms with van der Waals surface area (Å²) in [5.41, 5.74) is 5.28. The molecule has 0 saturated heterocycles. The Labute approximate surface area is 146 Å².